The van der Waals surface area contributed by atoms with Gasteiger partial charge in [-0.1, -0.05) is 50.6 Å². The molecule has 2 amide bonds. The molecule has 0 saturated carbocycles. The third-order valence-electron chi connectivity index (χ3n) is 6.69. The van der Waals surface area contributed by atoms with Gasteiger partial charge in [-0.3, -0.25) is 9.59 Å². The van der Waals surface area contributed by atoms with E-state index < -0.39 is 36.2 Å². The van der Waals surface area contributed by atoms with Crippen molar-refractivity contribution in [2.75, 3.05) is 13.1 Å². The Balaban J connectivity index is 1.85. The Morgan fingerprint density at radius 2 is 1.95 bits per heavy atom. The van der Waals surface area contributed by atoms with Crippen LogP contribution >= 0.6 is 0 Å². The van der Waals surface area contributed by atoms with Gasteiger partial charge in [0.15, 0.2) is 11.6 Å². The van der Waals surface area contributed by atoms with Crippen molar-refractivity contribution in [3.05, 3.63) is 53.8 Å². The molecule has 0 unspecified atom stereocenters. The van der Waals surface area contributed by atoms with Gasteiger partial charge in [0.1, 0.15) is 18.4 Å². The number of nitrogens with one attached hydrogen (secondary N) is 1. The monoisotopic (exact) mass is 529 g/mol. The van der Waals surface area contributed by atoms with Crippen molar-refractivity contribution in [3.63, 3.8) is 0 Å². The second kappa shape index (κ2) is 13.5. The van der Waals surface area contributed by atoms with Gasteiger partial charge in [0.05, 0.1) is 18.6 Å². The van der Waals surface area contributed by atoms with E-state index >= 15 is 0 Å². The largest absolute Gasteiger partial charge is 0.460 e. The van der Waals surface area contributed by atoms with Gasteiger partial charge in [0, 0.05) is 25.4 Å². The van der Waals surface area contributed by atoms with E-state index in [2.05, 4.69) is 10.3 Å². The predicted octanol–water partition coefficient (Wildman–Crippen LogP) is 2.33. The summed E-state index contributed by atoms with van der Waals surface area (Å²) in [5.74, 6) is -1.29. The average Bonchev–Trinajstić information content (AvgIpc) is 3.52. The summed E-state index contributed by atoms with van der Waals surface area (Å²) in [7, 11) is 0. The van der Waals surface area contributed by atoms with E-state index in [9.17, 15) is 24.6 Å². The maximum atomic E-state index is 13.2. The molecule has 10 nitrogen and oxygen atoms in total. The number of amides is 2. The van der Waals surface area contributed by atoms with Crippen LogP contribution in [0.1, 0.15) is 63.3 Å². The minimum absolute atomic E-state index is 0.0146. The molecule has 2 bridgehead atoms. The van der Waals surface area contributed by atoms with Crippen LogP contribution < -0.4 is 5.32 Å². The molecule has 38 heavy (non-hydrogen) atoms. The Bertz CT molecular complexity index is 1070. The number of rotatable bonds is 1. The molecular weight excluding hydrogens is 490 g/mol. The smallest absolute Gasteiger partial charge is 0.329 e. The quantitative estimate of drug-likeness (QED) is 0.471. The Hall–Kier alpha value is -3.24. The Kier molecular flexibility index (Phi) is 10.4. The second-order valence-corrected chi connectivity index (χ2v) is 10.4. The van der Waals surface area contributed by atoms with Gasteiger partial charge >= 0.3 is 5.97 Å². The first-order valence-corrected chi connectivity index (χ1v) is 13.2. The minimum Gasteiger partial charge on any atom is -0.460 e. The van der Waals surface area contributed by atoms with Crippen molar-refractivity contribution in [1.29, 1.82) is 0 Å². The zero-order valence-electron chi connectivity index (χ0n) is 22.5. The third kappa shape index (κ3) is 8.13. The number of nitrogens with zero attached hydrogens (tertiary/aromatic N) is 2. The van der Waals surface area contributed by atoms with Crippen LogP contribution in [0.15, 0.2) is 46.6 Å². The fraction of sp³-hybridized carbons (Fsp3) is 0.571. The summed E-state index contributed by atoms with van der Waals surface area (Å²) < 4.78 is 11.3. The lowest BCUT2D eigenvalue weighted by Crippen LogP contribution is -2.44. The normalized spacial score (nSPS) is 29.4. The van der Waals surface area contributed by atoms with Gasteiger partial charge in [0.25, 0.3) is 5.91 Å². The lowest BCUT2D eigenvalue weighted by Gasteiger charge is -2.29. The molecule has 3 N–H and O–H groups in total. The molecule has 2 aliphatic heterocycles. The predicted molar refractivity (Wildman–Crippen MR) is 140 cm³/mol. The number of carbonyl (C=O) groups is 3. The SMILES string of the molecule is CC1=C[C@@H](O)C[C@H](O)Cc2nc(co2)C(=O)N2CCC[C@@H]2C(=O)O[C@H](C(C)C)[C@H](C)/C=C/C(=O)NCC=C1. The summed E-state index contributed by atoms with van der Waals surface area (Å²) in [6, 6.07) is -0.743. The van der Waals surface area contributed by atoms with Crippen molar-refractivity contribution in [2.45, 2.75) is 77.7 Å². The third-order valence-corrected chi connectivity index (χ3v) is 6.69. The zero-order chi connectivity index (χ0) is 27.8. The van der Waals surface area contributed by atoms with Crippen molar-refractivity contribution >= 4 is 17.8 Å². The number of aliphatic hydroxyl groups is 2. The molecule has 3 heterocycles. The number of aliphatic hydroxyl groups excluding tert-OH is 2. The highest BCUT2D eigenvalue weighted by Crippen LogP contribution is 2.25. The lowest BCUT2D eigenvalue weighted by molar-refractivity contribution is -0.158. The average molecular weight is 530 g/mol. The van der Waals surface area contributed by atoms with E-state index in [-0.39, 0.29) is 42.2 Å². The van der Waals surface area contributed by atoms with Crippen molar-refractivity contribution in [3.8, 4) is 0 Å². The van der Waals surface area contributed by atoms with Crippen molar-refractivity contribution < 1.29 is 33.8 Å². The number of aromatic nitrogens is 1. The van der Waals surface area contributed by atoms with Crippen LogP contribution in [0, 0.1) is 11.8 Å². The summed E-state index contributed by atoms with van der Waals surface area (Å²) in [5, 5.41) is 23.5. The number of fused-ring (bicyclic) bond motifs is 3. The lowest BCUT2D eigenvalue weighted by atomic mass is 9.94. The first-order chi connectivity index (χ1) is 18.0. The number of carbonyl (C=O) groups excluding carboxylic acids is 3. The zero-order valence-corrected chi connectivity index (χ0v) is 22.5. The molecule has 208 valence electrons. The van der Waals surface area contributed by atoms with E-state index in [1.54, 1.807) is 24.3 Å². The van der Waals surface area contributed by atoms with E-state index in [0.717, 1.165) is 5.57 Å². The fourth-order valence-corrected chi connectivity index (χ4v) is 4.77. The Labute approximate surface area is 223 Å². The summed E-state index contributed by atoms with van der Waals surface area (Å²) >= 11 is 0. The Morgan fingerprint density at radius 1 is 1.18 bits per heavy atom. The summed E-state index contributed by atoms with van der Waals surface area (Å²) in [5.41, 5.74) is 0.821. The topological polar surface area (TPSA) is 142 Å². The molecule has 10 heteroatoms. The van der Waals surface area contributed by atoms with Gasteiger partial charge < -0.3 is 29.6 Å². The van der Waals surface area contributed by atoms with Gasteiger partial charge in [-0.05, 0) is 31.8 Å². The summed E-state index contributed by atoms with van der Waals surface area (Å²) in [6.45, 7) is 8.25. The number of cyclic esters (lactones) is 1. The maximum absolute atomic E-state index is 13.2. The van der Waals surface area contributed by atoms with Crippen LogP contribution in [0.5, 0.6) is 0 Å². The van der Waals surface area contributed by atoms with E-state index in [1.165, 1.54) is 17.2 Å². The minimum atomic E-state index is -0.947. The Morgan fingerprint density at radius 3 is 2.68 bits per heavy atom. The number of oxazole rings is 1. The van der Waals surface area contributed by atoms with Gasteiger partial charge in [-0.15, -0.1) is 0 Å². The number of esters is 1. The van der Waals surface area contributed by atoms with E-state index in [4.69, 9.17) is 9.15 Å². The molecule has 1 fully saturated rings. The molecule has 1 aromatic rings. The first-order valence-electron chi connectivity index (χ1n) is 13.2. The van der Waals surface area contributed by atoms with Crippen LogP contribution in [-0.2, 0) is 20.7 Å². The molecular formula is C28H39N3O7. The van der Waals surface area contributed by atoms with Crippen LogP contribution in [-0.4, -0.2) is 75.3 Å². The van der Waals surface area contributed by atoms with Crippen LogP contribution in [0.25, 0.3) is 0 Å². The number of allylic oxidation sites excluding steroid dienone is 2. The van der Waals surface area contributed by atoms with Crippen molar-refractivity contribution in [1.82, 2.24) is 15.2 Å². The first kappa shape index (κ1) is 29.3. The van der Waals surface area contributed by atoms with Crippen LogP contribution in [0.3, 0.4) is 0 Å². The van der Waals surface area contributed by atoms with Gasteiger partial charge in [-0.25, -0.2) is 9.78 Å². The standard InChI is InChI=1S/C28H39N3O7/c1-17(2)26-19(4)9-10-24(34)29-11-5-7-18(3)13-20(32)14-21(33)15-25-30-22(16-37-25)27(35)31-12-6-8-23(31)28(36)38-26/h5,7,9-10,13,16-17,19-21,23,26,32-33H,6,8,11-12,14-15H2,1-4H3,(H,29,34)/b7-5?,10-9+,18-13?/t19-,20-,21+,23-,26-/m1/s1. The van der Waals surface area contributed by atoms with Gasteiger partial charge in [0.2, 0.25) is 5.91 Å². The molecule has 5 atom stereocenters. The highest BCUT2D eigenvalue weighted by atomic mass is 16.5. The number of hydrogen-bond acceptors (Lipinski definition) is 8. The second-order valence-electron chi connectivity index (χ2n) is 10.4. The molecule has 0 radical (unpaired) electrons. The van der Waals surface area contributed by atoms with Crippen molar-refractivity contribution in [2.24, 2.45) is 11.8 Å². The molecule has 2 aliphatic rings. The summed E-state index contributed by atoms with van der Waals surface area (Å²) in [4.78, 5) is 44.3. The van der Waals surface area contributed by atoms with E-state index in [1.807, 2.05) is 27.7 Å². The molecule has 0 aliphatic carbocycles. The molecule has 0 aromatic carbocycles. The van der Waals surface area contributed by atoms with Crippen LogP contribution in [0.2, 0.25) is 0 Å². The molecule has 3 rings (SSSR count). The number of ether oxygens (including phenoxy) is 1. The fourth-order valence-electron chi connectivity index (χ4n) is 4.77. The van der Waals surface area contributed by atoms with Crippen LogP contribution in [0.4, 0.5) is 0 Å². The highest BCUT2D eigenvalue weighted by Gasteiger charge is 2.38. The maximum Gasteiger partial charge on any atom is 0.329 e. The molecule has 1 aromatic heterocycles. The number of hydrogen-bond donors (Lipinski definition) is 3. The highest BCUT2D eigenvalue weighted by molar-refractivity contribution is 5.95. The molecule has 1 saturated heterocycles. The molecule has 0 spiro atoms. The van der Waals surface area contributed by atoms with Gasteiger partial charge in [-0.2, -0.15) is 0 Å². The summed E-state index contributed by atoms with van der Waals surface area (Å²) in [6.07, 6.45) is 8.37. The van der Waals surface area contributed by atoms with E-state index in [0.29, 0.717) is 25.9 Å².